The van der Waals surface area contributed by atoms with E-state index in [-0.39, 0.29) is 11.9 Å². The first-order chi connectivity index (χ1) is 11.8. The quantitative estimate of drug-likeness (QED) is 0.888. The Kier molecular flexibility index (Phi) is 5.62. The van der Waals surface area contributed by atoms with E-state index in [1.807, 2.05) is 48.5 Å². The summed E-state index contributed by atoms with van der Waals surface area (Å²) >= 11 is 0. The highest BCUT2D eigenvalue weighted by atomic mass is 16.5. The third-order valence-corrected chi connectivity index (χ3v) is 4.56. The van der Waals surface area contributed by atoms with Gasteiger partial charge in [0.15, 0.2) is 6.10 Å². The van der Waals surface area contributed by atoms with Crippen molar-refractivity contribution in [3.8, 4) is 0 Å². The van der Waals surface area contributed by atoms with Gasteiger partial charge in [0.2, 0.25) is 0 Å². The van der Waals surface area contributed by atoms with Crippen LogP contribution in [0.1, 0.15) is 36.1 Å². The zero-order valence-electron chi connectivity index (χ0n) is 13.6. The molecule has 0 radical (unpaired) electrons. The summed E-state index contributed by atoms with van der Waals surface area (Å²) in [7, 11) is 0. The minimum Gasteiger partial charge on any atom is -0.381 e. The SMILES string of the molecule is O=C(N[C@H](c1ccccc1)C1CCOCC1)[C@@H](O)c1ccccc1. The molecule has 4 heteroatoms. The topological polar surface area (TPSA) is 58.6 Å². The molecule has 126 valence electrons. The molecule has 2 aromatic rings. The minimum atomic E-state index is -1.16. The van der Waals surface area contributed by atoms with Gasteiger partial charge in [0.1, 0.15) is 0 Å². The van der Waals surface area contributed by atoms with Gasteiger partial charge in [-0.3, -0.25) is 4.79 Å². The molecule has 2 aromatic carbocycles. The largest absolute Gasteiger partial charge is 0.381 e. The van der Waals surface area contributed by atoms with E-state index in [2.05, 4.69) is 5.32 Å². The van der Waals surface area contributed by atoms with Crippen molar-refractivity contribution in [3.63, 3.8) is 0 Å². The first kappa shape index (κ1) is 16.7. The molecule has 1 fully saturated rings. The number of carbonyl (C=O) groups excluding carboxylic acids is 1. The summed E-state index contributed by atoms with van der Waals surface area (Å²) in [6, 6.07) is 18.9. The van der Waals surface area contributed by atoms with Gasteiger partial charge in [-0.25, -0.2) is 0 Å². The molecule has 2 N–H and O–H groups in total. The zero-order valence-corrected chi connectivity index (χ0v) is 13.6. The van der Waals surface area contributed by atoms with E-state index in [0.29, 0.717) is 24.7 Å². The second-order valence-corrected chi connectivity index (χ2v) is 6.16. The van der Waals surface area contributed by atoms with Crippen LogP contribution < -0.4 is 5.32 Å². The van der Waals surface area contributed by atoms with Crippen LogP contribution in [0.15, 0.2) is 60.7 Å². The van der Waals surface area contributed by atoms with Crippen LogP contribution in [-0.4, -0.2) is 24.2 Å². The Bertz CT molecular complexity index is 638. The summed E-state index contributed by atoms with van der Waals surface area (Å²) in [4.78, 5) is 12.6. The summed E-state index contributed by atoms with van der Waals surface area (Å²) in [5.74, 6) is -0.0466. The average molecular weight is 325 g/mol. The standard InChI is InChI=1S/C20H23NO3/c22-19(17-9-5-2-6-10-17)20(23)21-18(15-7-3-1-4-8-15)16-11-13-24-14-12-16/h1-10,16,18-19,22H,11-14H2,(H,21,23)/t18-,19+/m1/s1. The Balaban J connectivity index is 1.77. The van der Waals surface area contributed by atoms with Gasteiger partial charge < -0.3 is 15.2 Å². The minimum absolute atomic E-state index is 0.110. The van der Waals surface area contributed by atoms with Crippen molar-refractivity contribution < 1.29 is 14.6 Å². The van der Waals surface area contributed by atoms with Gasteiger partial charge >= 0.3 is 0 Å². The number of benzene rings is 2. The molecule has 1 aliphatic rings. The molecule has 0 saturated carbocycles. The van der Waals surface area contributed by atoms with Crippen LogP contribution in [0.25, 0.3) is 0 Å². The van der Waals surface area contributed by atoms with Gasteiger partial charge in [0.05, 0.1) is 6.04 Å². The summed E-state index contributed by atoms with van der Waals surface area (Å²) in [6.07, 6.45) is 0.653. The monoisotopic (exact) mass is 325 g/mol. The predicted molar refractivity (Wildman–Crippen MR) is 92.3 cm³/mol. The molecule has 1 amide bonds. The van der Waals surface area contributed by atoms with E-state index < -0.39 is 6.10 Å². The number of rotatable bonds is 5. The molecule has 0 unspecified atom stereocenters. The summed E-state index contributed by atoms with van der Waals surface area (Å²) in [5.41, 5.74) is 1.67. The maximum atomic E-state index is 12.6. The molecule has 2 atom stereocenters. The van der Waals surface area contributed by atoms with Crippen LogP contribution in [0, 0.1) is 5.92 Å². The lowest BCUT2D eigenvalue weighted by Gasteiger charge is -2.32. The highest BCUT2D eigenvalue weighted by Crippen LogP contribution is 2.30. The molecule has 4 nitrogen and oxygen atoms in total. The van der Waals surface area contributed by atoms with Gasteiger partial charge in [-0.2, -0.15) is 0 Å². The lowest BCUT2D eigenvalue weighted by Crippen LogP contribution is -2.38. The van der Waals surface area contributed by atoms with Crippen molar-refractivity contribution in [1.29, 1.82) is 0 Å². The molecular formula is C20H23NO3. The van der Waals surface area contributed by atoms with E-state index in [4.69, 9.17) is 4.74 Å². The third kappa shape index (κ3) is 4.02. The fourth-order valence-corrected chi connectivity index (χ4v) is 3.20. The van der Waals surface area contributed by atoms with Gasteiger partial charge in [-0.15, -0.1) is 0 Å². The Morgan fingerprint density at radius 2 is 1.50 bits per heavy atom. The number of hydrogen-bond donors (Lipinski definition) is 2. The van der Waals surface area contributed by atoms with Gasteiger partial charge in [0.25, 0.3) is 5.91 Å². The molecule has 1 heterocycles. The molecule has 0 aliphatic carbocycles. The van der Waals surface area contributed by atoms with E-state index in [9.17, 15) is 9.90 Å². The zero-order chi connectivity index (χ0) is 16.8. The van der Waals surface area contributed by atoms with Crippen molar-refractivity contribution in [1.82, 2.24) is 5.32 Å². The maximum Gasteiger partial charge on any atom is 0.253 e. The normalized spacial score (nSPS) is 17.9. The Hall–Kier alpha value is -2.17. The van der Waals surface area contributed by atoms with Crippen molar-refractivity contribution >= 4 is 5.91 Å². The Morgan fingerprint density at radius 1 is 0.958 bits per heavy atom. The number of aliphatic hydroxyl groups is 1. The lowest BCUT2D eigenvalue weighted by atomic mass is 9.87. The Labute approximate surface area is 142 Å². The molecule has 3 rings (SSSR count). The molecule has 24 heavy (non-hydrogen) atoms. The van der Waals surface area contributed by atoms with Crippen molar-refractivity contribution in [2.75, 3.05) is 13.2 Å². The van der Waals surface area contributed by atoms with Crippen LogP contribution in [0.4, 0.5) is 0 Å². The summed E-state index contributed by atoms with van der Waals surface area (Å²) < 4.78 is 5.45. The van der Waals surface area contributed by atoms with E-state index in [0.717, 1.165) is 18.4 Å². The van der Waals surface area contributed by atoms with Crippen molar-refractivity contribution in [3.05, 3.63) is 71.8 Å². The molecule has 1 aliphatic heterocycles. The summed E-state index contributed by atoms with van der Waals surface area (Å²) in [5, 5.41) is 13.4. The number of aliphatic hydroxyl groups excluding tert-OH is 1. The number of carbonyl (C=O) groups is 1. The highest BCUT2D eigenvalue weighted by molar-refractivity contribution is 5.82. The second kappa shape index (κ2) is 8.08. The van der Waals surface area contributed by atoms with Crippen LogP contribution in [0.3, 0.4) is 0 Å². The second-order valence-electron chi connectivity index (χ2n) is 6.16. The number of hydrogen-bond acceptors (Lipinski definition) is 3. The average Bonchev–Trinajstić information content (AvgIpc) is 2.67. The third-order valence-electron chi connectivity index (χ3n) is 4.56. The van der Waals surface area contributed by atoms with E-state index in [1.165, 1.54) is 0 Å². The summed E-state index contributed by atoms with van der Waals surface area (Å²) in [6.45, 7) is 1.43. The van der Waals surface area contributed by atoms with Crippen LogP contribution in [0.5, 0.6) is 0 Å². The number of amides is 1. The molecule has 1 saturated heterocycles. The van der Waals surface area contributed by atoms with Gasteiger partial charge in [0, 0.05) is 13.2 Å². The maximum absolute atomic E-state index is 12.6. The lowest BCUT2D eigenvalue weighted by molar-refractivity contribution is -0.131. The van der Waals surface area contributed by atoms with Crippen molar-refractivity contribution in [2.45, 2.75) is 25.0 Å². The molecular weight excluding hydrogens is 302 g/mol. The highest BCUT2D eigenvalue weighted by Gasteiger charge is 2.29. The molecule has 0 aromatic heterocycles. The Morgan fingerprint density at radius 3 is 2.08 bits per heavy atom. The van der Waals surface area contributed by atoms with Crippen LogP contribution >= 0.6 is 0 Å². The fraction of sp³-hybridized carbons (Fsp3) is 0.350. The molecule has 0 bridgehead atoms. The fourth-order valence-electron chi connectivity index (χ4n) is 3.20. The first-order valence-electron chi connectivity index (χ1n) is 8.42. The van der Waals surface area contributed by atoms with Crippen molar-refractivity contribution in [2.24, 2.45) is 5.92 Å². The first-order valence-corrected chi connectivity index (χ1v) is 8.42. The van der Waals surface area contributed by atoms with E-state index >= 15 is 0 Å². The predicted octanol–water partition coefficient (Wildman–Crippen LogP) is 3.00. The van der Waals surface area contributed by atoms with Gasteiger partial charge in [-0.1, -0.05) is 60.7 Å². The number of ether oxygens (including phenoxy) is 1. The van der Waals surface area contributed by atoms with Crippen LogP contribution in [0.2, 0.25) is 0 Å². The van der Waals surface area contributed by atoms with E-state index in [1.54, 1.807) is 12.1 Å². The number of nitrogens with one attached hydrogen (secondary N) is 1. The van der Waals surface area contributed by atoms with Crippen LogP contribution in [-0.2, 0) is 9.53 Å². The smallest absolute Gasteiger partial charge is 0.253 e. The molecule has 0 spiro atoms. The van der Waals surface area contributed by atoms with Gasteiger partial charge in [-0.05, 0) is 29.9 Å².